The molecule has 1 amide bonds. The van der Waals surface area contributed by atoms with Crippen molar-refractivity contribution in [1.29, 1.82) is 0 Å². The molecule has 0 fully saturated rings. The zero-order valence-electron chi connectivity index (χ0n) is 13.3. The van der Waals surface area contributed by atoms with Crippen molar-refractivity contribution >= 4 is 28.9 Å². The number of fused-ring (bicyclic) bond motifs is 1. The van der Waals surface area contributed by atoms with Crippen molar-refractivity contribution in [1.82, 2.24) is 15.4 Å². The monoisotopic (exact) mass is 313 g/mol. The lowest BCUT2D eigenvalue weighted by molar-refractivity contribution is 0.0530. The Bertz CT molecular complexity index is 762. The summed E-state index contributed by atoms with van der Waals surface area (Å²) in [7, 11) is 0. The topological polar surface area (TPSA) is 102 Å². The number of nitrogens with zero attached hydrogens (tertiary/aromatic N) is 3. The third-order valence-corrected chi connectivity index (χ3v) is 2.68. The molecule has 7 heteroatoms. The molecule has 0 aliphatic rings. The van der Waals surface area contributed by atoms with Gasteiger partial charge in [0.1, 0.15) is 5.60 Å². The van der Waals surface area contributed by atoms with E-state index in [1.54, 1.807) is 27.0 Å². The van der Waals surface area contributed by atoms with Gasteiger partial charge in [-0.15, -0.1) is 0 Å². The number of amides is 1. The van der Waals surface area contributed by atoms with Crippen molar-refractivity contribution in [3.63, 3.8) is 0 Å². The Balaban J connectivity index is 2.10. The van der Waals surface area contributed by atoms with Crippen LogP contribution in [0.25, 0.3) is 16.6 Å². The Hall–Kier alpha value is -2.96. The molecule has 0 unspecified atom stereocenters. The van der Waals surface area contributed by atoms with Crippen LogP contribution in [0.1, 0.15) is 26.5 Å². The molecule has 0 saturated carbocycles. The molecule has 0 bridgehead atoms. The molecule has 2 aromatic rings. The van der Waals surface area contributed by atoms with Gasteiger partial charge in [0.2, 0.25) is 0 Å². The number of aromatic nitrogens is 2. The zero-order chi connectivity index (χ0) is 16.9. The summed E-state index contributed by atoms with van der Waals surface area (Å²) in [5, 5.41) is 3.82. The van der Waals surface area contributed by atoms with Crippen LogP contribution in [0.2, 0.25) is 0 Å². The van der Waals surface area contributed by atoms with Crippen LogP contribution in [-0.2, 0) is 4.74 Å². The molecule has 1 heterocycles. The molecule has 3 N–H and O–H groups in total. The van der Waals surface area contributed by atoms with E-state index in [1.165, 1.54) is 12.4 Å². The maximum absolute atomic E-state index is 11.5. The zero-order valence-corrected chi connectivity index (χ0v) is 13.3. The third kappa shape index (κ3) is 4.77. The molecule has 23 heavy (non-hydrogen) atoms. The standard InChI is InChI=1S/C16H19N5O2/c1-16(2,3)23-15(22)21-19-9-11(8-17)14-10-18-12-6-4-5-7-13(12)20-14/h4-10H,17H2,1-3H3,(H,21,22). The van der Waals surface area contributed by atoms with E-state index >= 15 is 0 Å². The van der Waals surface area contributed by atoms with E-state index in [1.807, 2.05) is 24.3 Å². The Kier molecular flexibility index (Phi) is 4.90. The summed E-state index contributed by atoms with van der Waals surface area (Å²) in [6.07, 6.45) is 3.69. The number of carbonyl (C=O) groups is 1. The number of para-hydroxylation sites is 2. The van der Waals surface area contributed by atoms with Gasteiger partial charge >= 0.3 is 6.09 Å². The molecule has 0 spiro atoms. The first-order chi connectivity index (χ1) is 10.9. The summed E-state index contributed by atoms with van der Waals surface area (Å²) < 4.78 is 5.07. The lowest BCUT2D eigenvalue weighted by Gasteiger charge is -2.18. The van der Waals surface area contributed by atoms with Crippen LogP contribution in [0.5, 0.6) is 0 Å². The highest BCUT2D eigenvalue weighted by atomic mass is 16.6. The lowest BCUT2D eigenvalue weighted by atomic mass is 10.2. The highest BCUT2D eigenvalue weighted by Gasteiger charge is 2.15. The van der Waals surface area contributed by atoms with Crippen molar-refractivity contribution in [3.8, 4) is 0 Å². The summed E-state index contributed by atoms with van der Waals surface area (Å²) in [5.74, 6) is 0. The van der Waals surface area contributed by atoms with E-state index in [2.05, 4.69) is 20.5 Å². The molecule has 1 aromatic heterocycles. The second kappa shape index (κ2) is 6.87. The predicted octanol–water partition coefficient (Wildman–Crippen LogP) is 2.44. The van der Waals surface area contributed by atoms with Crippen LogP contribution in [0, 0.1) is 0 Å². The molecular weight excluding hydrogens is 294 g/mol. The number of nitrogens with one attached hydrogen (secondary N) is 1. The normalized spacial score (nSPS) is 12.6. The van der Waals surface area contributed by atoms with E-state index in [9.17, 15) is 4.79 Å². The lowest BCUT2D eigenvalue weighted by Crippen LogP contribution is -2.29. The SMILES string of the molecule is CC(C)(C)OC(=O)NN=CC(=CN)c1cnc2ccccc2n1. The summed E-state index contributed by atoms with van der Waals surface area (Å²) in [6.45, 7) is 5.31. The quantitative estimate of drug-likeness (QED) is 0.669. The predicted molar refractivity (Wildman–Crippen MR) is 89.6 cm³/mol. The average Bonchev–Trinajstić information content (AvgIpc) is 2.49. The maximum Gasteiger partial charge on any atom is 0.428 e. The first-order valence-electron chi connectivity index (χ1n) is 7.05. The first-order valence-corrected chi connectivity index (χ1v) is 7.05. The van der Waals surface area contributed by atoms with E-state index in [0.29, 0.717) is 11.3 Å². The molecule has 0 saturated heterocycles. The van der Waals surface area contributed by atoms with E-state index < -0.39 is 11.7 Å². The van der Waals surface area contributed by atoms with Crippen LogP contribution in [0.3, 0.4) is 0 Å². The molecule has 1 aromatic carbocycles. The van der Waals surface area contributed by atoms with Crippen LogP contribution in [0.15, 0.2) is 41.8 Å². The maximum atomic E-state index is 11.5. The van der Waals surface area contributed by atoms with Gasteiger partial charge in [0, 0.05) is 11.8 Å². The number of nitrogens with two attached hydrogens (primary N) is 1. The van der Waals surface area contributed by atoms with Gasteiger partial charge in [-0.05, 0) is 32.9 Å². The molecule has 0 radical (unpaired) electrons. The molecule has 0 atom stereocenters. The summed E-state index contributed by atoms with van der Waals surface area (Å²) in [4.78, 5) is 20.3. The second-order valence-electron chi connectivity index (χ2n) is 5.74. The van der Waals surface area contributed by atoms with E-state index in [4.69, 9.17) is 10.5 Å². The van der Waals surface area contributed by atoms with Gasteiger partial charge in [-0.1, -0.05) is 12.1 Å². The van der Waals surface area contributed by atoms with Crippen LogP contribution < -0.4 is 11.2 Å². The second-order valence-corrected chi connectivity index (χ2v) is 5.74. The number of ether oxygens (including phenoxy) is 1. The Morgan fingerprint density at radius 3 is 2.65 bits per heavy atom. The summed E-state index contributed by atoms with van der Waals surface area (Å²) in [5.41, 5.74) is 9.91. The molecule has 0 aliphatic heterocycles. The molecule has 7 nitrogen and oxygen atoms in total. The number of hydrogen-bond donors (Lipinski definition) is 2. The van der Waals surface area contributed by atoms with Crippen molar-refractivity contribution in [2.24, 2.45) is 10.8 Å². The van der Waals surface area contributed by atoms with Gasteiger partial charge in [0.05, 0.1) is 29.1 Å². The minimum absolute atomic E-state index is 0.527. The number of allylic oxidation sites excluding steroid dienone is 1. The average molecular weight is 313 g/mol. The highest BCUT2D eigenvalue weighted by molar-refractivity contribution is 6.09. The number of rotatable bonds is 3. The van der Waals surface area contributed by atoms with Crippen molar-refractivity contribution in [2.45, 2.75) is 26.4 Å². The smallest absolute Gasteiger partial charge is 0.428 e. The number of carbonyl (C=O) groups excluding carboxylic acids is 1. The molecule has 120 valence electrons. The Labute approximate surface area is 134 Å². The van der Waals surface area contributed by atoms with Crippen LogP contribution in [-0.4, -0.2) is 27.9 Å². The van der Waals surface area contributed by atoms with Crippen LogP contribution in [0.4, 0.5) is 4.79 Å². The minimum Gasteiger partial charge on any atom is -0.443 e. The van der Waals surface area contributed by atoms with Gasteiger partial charge in [0.25, 0.3) is 0 Å². The van der Waals surface area contributed by atoms with Gasteiger partial charge in [-0.25, -0.2) is 15.2 Å². The van der Waals surface area contributed by atoms with E-state index in [-0.39, 0.29) is 0 Å². The van der Waals surface area contributed by atoms with Crippen molar-refractivity contribution < 1.29 is 9.53 Å². The third-order valence-electron chi connectivity index (χ3n) is 2.68. The van der Waals surface area contributed by atoms with Gasteiger partial charge < -0.3 is 10.5 Å². The minimum atomic E-state index is -0.644. The largest absolute Gasteiger partial charge is 0.443 e. The number of benzene rings is 1. The molecular formula is C16H19N5O2. The Morgan fingerprint density at radius 1 is 1.30 bits per heavy atom. The Morgan fingerprint density at radius 2 is 2.00 bits per heavy atom. The number of hydrazone groups is 1. The van der Waals surface area contributed by atoms with Gasteiger partial charge in [0.15, 0.2) is 0 Å². The molecule has 2 rings (SSSR count). The first kappa shape index (κ1) is 16.4. The van der Waals surface area contributed by atoms with Crippen LogP contribution >= 0.6 is 0 Å². The van der Waals surface area contributed by atoms with Gasteiger partial charge in [-0.3, -0.25) is 4.98 Å². The molecule has 0 aliphatic carbocycles. The van der Waals surface area contributed by atoms with E-state index in [0.717, 1.165) is 11.0 Å². The summed E-state index contributed by atoms with van der Waals surface area (Å²) in [6, 6.07) is 7.50. The number of hydrogen-bond acceptors (Lipinski definition) is 6. The fraction of sp³-hybridized carbons (Fsp3) is 0.250. The van der Waals surface area contributed by atoms with Crippen molar-refractivity contribution in [2.75, 3.05) is 0 Å². The fourth-order valence-electron chi connectivity index (χ4n) is 1.75. The van der Waals surface area contributed by atoms with Gasteiger partial charge in [-0.2, -0.15) is 5.10 Å². The summed E-state index contributed by atoms with van der Waals surface area (Å²) >= 11 is 0. The van der Waals surface area contributed by atoms with Crippen molar-refractivity contribution in [3.05, 3.63) is 42.4 Å². The fourth-order valence-corrected chi connectivity index (χ4v) is 1.75. The highest BCUT2D eigenvalue weighted by Crippen LogP contribution is 2.13.